The van der Waals surface area contributed by atoms with Crippen molar-refractivity contribution in [2.75, 3.05) is 0 Å². The van der Waals surface area contributed by atoms with Gasteiger partial charge in [0, 0.05) is 18.4 Å². The minimum Gasteiger partial charge on any atom is -0.271 e. The summed E-state index contributed by atoms with van der Waals surface area (Å²) in [4.78, 5) is 8.75. The van der Waals surface area contributed by atoms with Crippen LogP contribution in [0.1, 0.15) is 50.6 Å². The minimum absolute atomic E-state index is 0.210. The van der Waals surface area contributed by atoms with Crippen LogP contribution in [0.2, 0.25) is 0 Å². The molecule has 21 heavy (non-hydrogen) atoms. The number of fused-ring (bicyclic) bond motifs is 1. The molecule has 1 saturated carbocycles. The molecule has 0 radical (unpaired) electrons. The first-order valence-electron chi connectivity index (χ1n) is 8.00. The van der Waals surface area contributed by atoms with E-state index >= 15 is 0 Å². The van der Waals surface area contributed by atoms with Gasteiger partial charge in [0.1, 0.15) is 0 Å². The summed E-state index contributed by atoms with van der Waals surface area (Å²) in [6, 6.07) is 6.53. The molecule has 0 saturated heterocycles. The van der Waals surface area contributed by atoms with Crippen LogP contribution >= 0.6 is 0 Å². The summed E-state index contributed by atoms with van der Waals surface area (Å²) in [5.41, 5.74) is 6.18. The lowest BCUT2D eigenvalue weighted by Gasteiger charge is -2.36. The van der Waals surface area contributed by atoms with E-state index in [0.29, 0.717) is 5.92 Å². The van der Waals surface area contributed by atoms with Crippen LogP contribution in [-0.4, -0.2) is 9.97 Å². The number of nitrogens with zero attached hydrogens (tertiary/aromatic N) is 2. The fourth-order valence-electron chi connectivity index (χ4n) is 3.82. The van der Waals surface area contributed by atoms with Crippen molar-refractivity contribution in [3.8, 4) is 0 Å². The second-order valence-corrected chi connectivity index (χ2v) is 6.07. The van der Waals surface area contributed by atoms with E-state index in [1.54, 1.807) is 12.4 Å². The molecule has 3 unspecified atom stereocenters. The van der Waals surface area contributed by atoms with Crippen LogP contribution in [0, 0.1) is 11.8 Å². The number of hydrazine groups is 1. The summed E-state index contributed by atoms with van der Waals surface area (Å²) in [6.07, 6.45) is 9.96. The molecule has 3 atom stereocenters. The van der Waals surface area contributed by atoms with Crippen molar-refractivity contribution in [2.24, 2.45) is 17.7 Å². The van der Waals surface area contributed by atoms with Crippen molar-refractivity contribution in [2.45, 2.75) is 45.1 Å². The number of hydrogen-bond donors (Lipinski definition) is 2. The summed E-state index contributed by atoms with van der Waals surface area (Å²) in [5.74, 6) is 7.29. The minimum atomic E-state index is 0.210. The largest absolute Gasteiger partial charge is 0.271 e. The third-order valence-corrected chi connectivity index (χ3v) is 4.95. The zero-order valence-corrected chi connectivity index (χ0v) is 12.6. The smallest absolute Gasteiger partial charge is 0.0890 e. The molecule has 4 nitrogen and oxygen atoms in total. The Morgan fingerprint density at radius 2 is 1.95 bits per heavy atom. The summed E-state index contributed by atoms with van der Waals surface area (Å²) in [5, 5.41) is 0. The molecule has 112 valence electrons. The van der Waals surface area contributed by atoms with Gasteiger partial charge in [-0.15, -0.1) is 0 Å². The Labute approximate surface area is 126 Å². The molecule has 1 aromatic heterocycles. The van der Waals surface area contributed by atoms with Gasteiger partial charge in [0.25, 0.3) is 0 Å². The van der Waals surface area contributed by atoms with Crippen molar-refractivity contribution < 1.29 is 0 Å². The molecule has 1 fully saturated rings. The quantitative estimate of drug-likeness (QED) is 0.667. The topological polar surface area (TPSA) is 63.8 Å². The lowest BCUT2D eigenvalue weighted by Crippen LogP contribution is -2.38. The molecule has 3 rings (SSSR count). The fourth-order valence-corrected chi connectivity index (χ4v) is 3.82. The molecule has 0 aliphatic heterocycles. The Hall–Kier alpha value is -1.52. The van der Waals surface area contributed by atoms with Crippen LogP contribution in [0.3, 0.4) is 0 Å². The van der Waals surface area contributed by atoms with Crippen molar-refractivity contribution in [3.63, 3.8) is 0 Å². The highest BCUT2D eigenvalue weighted by Crippen LogP contribution is 2.40. The fraction of sp³-hybridized carbons (Fsp3) is 0.529. The lowest BCUT2D eigenvalue weighted by molar-refractivity contribution is 0.176. The van der Waals surface area contributed by atoms with E-state index in [4.69, 9.17) is 5.84 Å². The second kappa shape index (κ2) is 6.50. The van der Waals surface area contributed by atoms with Crippen molar-refractivity contribution >= 4 is 11.0 Å². The summed E-state index contributed by atoms with van der Waals surface area (Å²) in [7, 11) is 0. The van der Waals surface area contributed by atoms with E-state index in [0.717, 1.165) is 17.0 Å². The standard InChI is InChI=1S/C17H24N4/c1-2-12-5-3-4-6-14(12)17(21-18)13-7-8-15-16(11-13)20-10-9-19-15/h7-12,14,17,21H,2-6,18H2,1H3. The van der Waals surface area contributed by atoms with Gasteiger partial charge in [0.15, 0.2) is 0 Å². The second-order valence-electron chi connectivity index (χ2n) is 6.07. The maximum atomic E-state index is 5.91. The number of hydrogen-bond acceptors (Lipinski definition) is 4. The number of benzene rings is 1. The molecule has 0 bridgehead atoms. The maximum absolute atomic E-state index is 5.91. The van der Waals surface area contributed by atoms with Gasteiger partial charge in [-0.3, -0.25) is 21.2 Å². The zero-order valence-electron chi connectivity index (χ0n) is 12.6. The third kappa shape index (κ3) is 2.92. The van der Waals surface area contributed by atoms with Gasteiger partial charge in [-0.25, -0.2) is 0 Å². The van der Waals surface area contributed by atoms with Crippen LogP contribution in [0.25, 0.3) is 11.0 Å². The van der Waals surface area contributed by atoms with E-state index in [-0.39, 0.29) is 6.04 Å². The van der Waals surface area contributed by atoms with Gasteiger partial charge in [0.2, 0.25) is 0 Å². The average Bonchev–Trinajstić information content (AvgIpc) is 2.56. The van der Waals surface area contributed by atoms with Gasteiger partial charge in [-0.2, -0.15) is 0 Å². The normalized spacial score (nSPS) is 24.1. The molecular formula is C17H24N4. The maximum Gasteiger partial charge on any atom is 0.0890 e. The molecular weight excluding hydrogens is 260 g/mol. The highest BCUT2D eigenvalue weighted by molar-refractivity contribution is 5.74. The predicted octanol–water partition coefficient (Wildman–Crippen LogP) is 3.35. The van der Waals surface area contributed by atoms with Gasteiger partial charge in [0.05, 0.1) is 11.0 Å². The van der Waals surface area contributed by atoms with Gasteiger partial charge >= 0.3 is 0 Å². The lowest BCUT2D eigenvalue weighted by atomic mass is 9.72. The first kappa shape index (κ1) is 14.4. The third-order valence-electron chi connectivity index (χ3n) is 4.95. The summed E-state index contributed by atoms with van der Waals surface area (Å²) in [6.45, 7) is 2.29. The van der Waals surface area contributed by atoms with E-state index in [1.165, 1.54) is 37.7 Å². The summed E-state index contributed by atoms with van der Waals surface area (Å²) >= 11 is 0. The number of nitrogens with one attached hydrogen (secondary N) is 1. The Morgan fingerprint density at radius 3 is 2.71 bits per heavy atom. The van der Waals surface area contributed by atoms with Gasteiger partial charge in [-0.05, 0) is 36.0 Å². The number of nitrogens with two attached hydrogens (primary N) is 1. The molecule has 3 N–H and O–H groups in total. The van der Waals surface area contributed by atoms with Crippen LogP contribution in [0.5, 0.6) is 0 Å². The SMILES string of the molecule is CCC1CCCCC1C(NN)c1ccc2nccnc2c1. The first-order valence-corrected chi connectivity index (χ1v) is 8.00. The van der Waals surface area contributed by atoms with Gasteiger partial charge < -0.3 is 0 Å². The molecule has 2 aromatic rings. The Balaban J connectivity index is 1.93. The first-order chi connectivity index (χ1) is 10.3. The number of aromatic nitrogens is 2. The Kier molecular flexibility index (Phi) is 4.46. The Morgan fingerprint density at radius 1 is 1.19 bits per heavy atom. The van der Waals surface area contributed by atoms with Crippen LogP contribution in [-0.2, 0) is 0 Å². The zero-order chi connectivity index (χ0) is 14.7. The van der Waals surface area contributed by atoms with E-state index < -0.39 is 0 Å². The highest BCUT2D eigenvalue weighted by Gasteiger charge is 2.31. The highest BCUT2D eigenvalue weighted by atomic mass is 15.2. The molecule has 1 aliphatic rings. The average molecular weight is 284 g/mol. The van der Waals surface area contributed by atoms with Gasteiger partial charge in [-0.1, -0.05) is 38.7 Å². The molecule has 4 heteroatoms. The predicted molar refractivity (Wildman–Crippen MR) is 85.3 cm³/mol. The molecule has 1 heterocycles. The van der Waals surface area contributed by atoms with Crippen LogP contribution < -0.4 is 11.3 Å². The van der Waals surface area contributed by atoms with Crippen LogP contribution in [0.4, 0.5) is 0 Å². The molecule has 0 spiro atoms. The monoisotopic (exact) mass is 284 g/mol. The molecule has 1 aliphatic carbocycles. The molecule has 1 aromatic carbocycles. The van der Waals surface area contributed by atoms with E-state index in [2.05, 4.69) is 34.5 Å². The molecule has 0 amide bonds. The number of rotatable bonds is 4. The van der Waals surface area contributed by atoms with Crippen molar-refractivity contribution in [1.82, 2.24) is 15.4 Å². The summed E-state index contributed by atoms with van der Waals surface area (Å²) < 4.78 is 0. The van der Waals surface area contributed by atoms with Crippen molar-refractivity contribution in [1.29, 1.82) is 0 Å². The Bertz CT molecular complexity index is 598. The van der Waals surface area contributed by atoms with Crippen LogP contribution in [0.15, 0.2) is 30.6 Å². The van der Waals surface area contributed by atoms with E-state index in [1.807, 2.05) is 6.07 Å². The van der Waals surface area contributed by atoms with E-state index in [9.17, 15) is 0 Å². The van der Waals surface area contributed by atoms with Crippen molar-refractivity contribution in [3.05, 3.63) is 36.2 Å².